The number of benzene rings is 8. The van der Waals surface area contributed by atoms with E-state index in [4.69, 9.17) is 19.9 Å². The Bertz CT molecular complexity index is 4240. The number of aromatic nitrogens is 4. The smallest absolute Gasteiger partial charge is 0.366 e. The van der Waals surface area contributed by atoms with Crippen LogP contribution in [0.5, 0.6) is 0 Å². The lowest BCUT2D eigenvalue weighted by molar-refractivity contribution is 1.04. The Labute approximate surface area is 431 Å². The van der Waals surface area contributed by atoms with E-state index in [0.717, 1.165) is 97.0 Å². The monoisotopic (exact) mass is 947 g/mol. The largest absolute Gasteiger partial charge is 0.434 e. The van der Waals surface area contributed by atoms with Gasteiger partial charge in [0, 0.05) is 46.2 Å². The van der Waals surface area contributed by atoms with Crippen LogP contribution in [0.2, 0.25) is 0 Å². The minimum atomic E-state index is -0.592. The molecule has 350 valence electrons. The molecule has 0 unspecified atom stereocenters. The highest BCUT2D eigenvalue weighted by Crippen LogP contribution is 2.43. The number of nitrogens with zero attached hydrogens (tertiary/aromatic N) is 5. The molecule has 0 fully saturated rings. The second kappa shape index (κ2) is 17.9. The molecular weight excluding hydrogens is 898 g/mol. The highest BCUT2D eigenvalue weighted by Gasteiger charge is 2.31. The van der Waals surface area contributed by atoms with Gasteiger partial charge in [-0.3, -0.25) is 15.0 Å². The molecule has 0 aliphatic carbocycles. The van der Waals surface area contributed by atoms with Crippen molar-refractivity contribution in [2.24, 2.45) is 4.99 Å². The van der Waals surface area contributed by atoms with Crippen molar-refractivity contribution in [2.75, 3.05) is 0 Å². The lowest BCUT2D eigenvalue weighted by Gasteiger charge is -2.20. The molecule has 0 amide bonds. The second-order valence-electron chi connectivity index (χ2n) is 19.6. The fraction of sp³-hybridized carbons (Fsp3) is 0.118. The zero-order valence-corrected chi connectivity index (χ0v) is 42.4. The van der Waals surface area contributed by atoms with E-state index >= 15 is 0 Å². The quantitative estimate of drug-likeness (QED) is 0.0909. The molecule has 0 radical (unpaired) electrons. The molecule has 1 aliphatic heterocycles. The molecule has 0 spiro atoms. The molecule has 0 saturated carbocycles. The van der Waals surface area contributed by atoms with Gasteiger partial charge < -0.3 is 4.48 Å². The van der Waals surface area contributed by atoms with Crippen molar-refractivity contribution in [1.82, 2.24) is 19.4 Å². The van der Waals surface area contributed by atoms with E-state index in [2.05, 4.69) is 191 Å². The molecule has 1 aliphatic rings. The van der Waals surface area contributed by atoms with Crippen molar-refractivity contribution in [3.8, 4) is 46.3 Å². The molecule has 0 N–H and O–H groups in total. The van der Waals surface area contributed by atoms with E-state index in [-0.39, 0.29) is 0 Å². The Hall–Kier alpha value is -9.10. The summed E-state index contributed by atoms with van der Waals surface area (Å²) in [5.41, 5.74) is 15.9. The lowest BCUT2D eigenvalue weighted by Crippen LogP contribution is -2.26. The first-order chi connectivity index (χ1) is 36.3. The van der Waals surface area contributed by atoms with E-state index in [1.807, 2.05) is 48.8 Å². The average Bonchev–Trinajstić information content (AvgIpc) is 3.88. The summed E-state index contributed by atoms with van der Waals surface area (Å²) in [5, 5.41) is 14.6. The lowest BCUT2D eigenvalue weighted by atomic mass is 9.62. The number of rotatable bonds is 7. The summed E-state index contributed by atoms with van der Waals surface area (Å²) < 4.78 is 2.42. The summed E-state index contributed by atoms with van der Waals surface area (Å²) >= 11 is 0. The first kappa shape index (κ1) is 44.8. The van der Waals surface area contributed by atoms with Gasteiger partial charge in [0.05, 0.1) is 28.5 Å². The maximum atomic E-state index is 5.51. The molecule has 0 bridgehead atoms. The summed E-state index contributed by atoms with van der Waals surface area (Å²) in [5.74, 6) is 15.4. The number of pyridine rings is 3. The highest BCUT2D eigenvalue weighted by molar-refractivity contribution is 6.74. The van der Waals surface area contributed by atoms with Crippen LogP contribution in [-0.2, 0) is 6.42 Å². The van der Waals surface area contributed by atoms with Gasteiger partial charge in [-0.1, -0.05) is 135 Å². The number of hydrogen-bond acceptors (Lipinski definition) is 4. The highest BCUT2D eigenvalue weighted by atomic mass is 14.9. The molecule has 5 nitrogen and oxygen atoms in total. The van der Waals surface area contributed by atoms with Crippen LogP contribution in [0.25, 0.3) is 93.0 Å². The number of hydrogen-bond donors (Lipinski definition) is 0. The third-order valence-corrected chi connectivity index (χ3v) is 15.5. The Morgan fingerprint density at radius 2 is 1.00 bits per heavy atom. The summed E-state index contributed by atoms with van der Waals surface area (Å²) in [6, 6.07) is 56.1. The summed E-state index contributed by atoms with van der Waals surface area (Å²) in [4.78, 5) is 20.4. The SMILES string of the molecule is CCC1=C(C)/C(=C(\c2cc(-c3ccccn3)nc(-c3ccccn3)c2)c2c(C)c(CC)c(C)n2B(C#Cc2ccc3ccc4cccc5ccc2c3c45)C#Cc2ccc3ccc4cccc5ccc2c3c45)N=C1C. The van der Waals surface area contributed by atoms with Crippen molar-refractivity contribution in [3.05, 3.63) is 226 Å². The fourth-order valence-electron chi connectivity index (χ4n) is 12.1. The zero-order valence-electron chi connectivity index (χ0n) is 42.4. The maximum Gasteiger partial charge on any atom is 0.434 e. The molecule has 12 aromatic rings. The molecule has 6 heteroatoms. The topological polar surface area (TPSA) is 56.0 Å². The minimum Gasteiger partial charge on any atom is -0.366 e. The Morgan fingerprint density at radius 3 is 1.46 bits per heavy atom. The van der Waals surface area contributed by atoms with Crippen LogP contribution in [-0.4, -0.2) is 32.0 Å². The van der Waals surface area contributed by atoms with Crippen LogP contribution in [0, 0.1) is 37.3 Å². The molecule has 74 heavy (non-hydrogen) atoms. The molecule has 13 rings (SSSR count). The predicted molar refractivity (Wildman–Crippen MR) is 311 cm³/mol. The molecule has 8 aromatic carbocycles. The third kappa shape index (κ3) is 7.21. The van der Waals surface area contributed by atoms with Crippen LogP contribution < -0.4 is 0 Å². The molecule has 0 atom stereocenters. The van der Waals surface area contributed by atoms with Crippen LogP contribution >= 0.6 is 0 Å². The van der Waals surface area contributed by atoms with E-state index in [9.17, 15) is 0 Å². The molecule has 4 aromatic heterocycles. The molecular formula is C68H50BN5. The van der Waals surface area contributed by atoms with Gasteiger partial charge in [-0.05, 0) is 182 Å². The van der Waals surface area contributed by atoms with Crippen molar-refractivity contribution >= 4 is 82.8 Å². The van der Waals surface area contributed by atoms with Crippen LogP contribution in [0.3, 0.4) is 0 Å². The third-order valence-electron chi connectivity index (χ3n) is 15.5. The van der Waals surface area contributed by atoms with E-state index in [0.29, 0.717) is 0 Å². The normalized spacial score (nSPS) is 13.4. The zero-order chi connectivity index (χ0) is 50.2. The van der Waals surface area contributed by atoms with E-state index < -0.39 is 6.85 Å². The number of allylic oxidation sites excluding steroid dienone is 2. The Kier molecular flexibility index (Phi) is 10.8. The van der Waals surface area contributed by atoms with Crippen LogP contribution in [0.15, 0.2) is 192 Å². The van der Waals surface area contributed by atoms with Crippen molar-refractivity contribution in [2.45, 2.75) is 54.4 Å². The second-order valence-corrected chi connectivity index (χ2v) is 19.6. The first-order valence-electron chi connectivity index (χ1n) is 25.7. The molecule has 0 saturated heterocycles. The number of aliphatic imine (C=N–C) groups is 1. The van der Waals surface area contributed by atoms with Gasteiger partial charge in [-0.2, -0.15) is 0 Å². The molecule has 5 heterocycles. The predicted octanol–water partition coefficient (Wildman–Crippen LogP) is 16.0. The summed E-state index contributed by atoms with van der Waals surface area (Å²) in [6.07, 6.45) is 5.34. The van der Waals surface area contributed by atoms with Gasteiger partial charge in [-0.15, -0.1) is 11.6 Å². The first-order valence-corrected chi connectivity index (χ1v) is 25.7. The van der Waals surface area contributed by atoms with Crippen molar-refractivity contribution in [1.29, 1.82) is 0 Å². The van der Waals surface area contributed by atoms with E-state index in [1.54, 1.807) is 0 Å². The van der Waals surface area contributed by atoms with Gasteiger partial charge in [0.25, 0.3) is 0 Å². The van der Waals surface area contributed by atoms with Crippen LogP contribution in [0.4, 0.5) is 0 Å². The summed E-state index contributed by atoms with van der Waals surface area (Å²) in [7, 11) is 0. The minimum absolute atomic E-state index is 0.592. The van der Waals surface area contributed by atoms with Crippen molar-refractivity contribution < 1.29 is 0 Å². The van der Waals surface area contributed by atoms with E-state index in [1.165, 1.54) is 70.6 Å². The van der Waals surface area contributed by atoms with Crippen LogP contribution in [0.1, 0.15) is 73.3 Å². The summed E-state index contributed by atoms with van der Waals surface area (Å²) in [6.45, 7) is 12.8. The van der Waals surface area contributed by atoms with Gasteiger partial charge >= 0.3 is 6.85 Å². The van der Waals surface area contributed by atoms with Gasteiger partial charge in [0.2, 0.25) is 0 Å². The standard InChI is InChI=1S/C68H50BN5/c1-7-54-41(3)67(72-43(54)5)66(53-39-60(58-19-9-11-37-70-58)73-61(40-53)59-20-10-12-38-71-59)68-42(4)55(8-2)44(6)74(68)69(35-33-45-21-23-51-27-25-47-15-13-17-49-29-31-56(45)64(51)62(47)49)36-34-46-22-24-52-28-26-48-16-14-18-50-30-32-57(46)65(52)63(48)50/h9-32,37-40H,7-8H2,1-6H3/b67-66-. The van der Waals surface area contributed by atoms with Gasteiger partial charge in [0.1, 0.15) is 0 Å². The fourth-order valence-corrected chi connectivity index (χ4v) is 12.1. The Morgan fingerprint density at radius 1 is 0.514 bits per heavy atom. The van der Waals surface area contributed by atoms with Crippen molar-refractivity contribution in [3.63, 3.8) is 0 Å². The average molecular weight is 948 g/mol. The van der Waals surface area contributed by atoms with Gasteiger partial charge in [0.15, 0.2) is 0 Å². The maximum absolute atomic E-state index is 5.51. The van der Waals surface area contributed by atoms with Gasteiger partial charge in [-0.25, -0.2) is 4.98 Å². The Balaban J connectivity index is 1.11.